The molecule has 0 unspecified atom stereocenters. The third kappa shape index (κ3) is 4.07. The van der Waals surface area contributed by atoms with Gasteiger partial charge in [-0.05, 0) is 49.7 Å². The Balaban J connectivity index is 1.89. The second kappa shape index (κ2) is 8.44. The Morgan fingerprint density at radius 2 is 1.70 bits per heavy atom. The van der Waals surface area contributed by atoms with E-state index in [0.29, 0.717) is 48.1 Å². The number of nitrogens with two attached hydrogens (primary N) is 1. The summed E-state index contributed by atoms with van der Waals surface area (Å²) in [6.07, 6.45) is 0.362. The second-order valence-electron chi connectivity index (χ2n) is 7.21. The van der Waals surface area contributed by atoms with Gasteiger partial charge in [0.25, 0.3) is 0 Å². The first-order chi connectivity index (χ1) is 14.3. The predicted octanol–water partition coefficient (Wildman–Crippen LogP) is 2.72. The molecule has 2 aromatic rings. The molecule has 3 N–H and O–H groups in total. The first-order valence-electron chi connectivity index (χ1n) is 9.68. The van der Waals surface area contributed by atoms with Crippen LogP contribution in [0.15, 0.2) is 42.5 Å². The van der Waals surface area contributed by atoms with E-state index in [4.69, 9.17) is 15.2 Å². The molecule has 1 aliphatic rings. The lowest BCUT2D eigenvalue weighted by molar-refractivity contribution is -0.125. The van der Waals surface area contributed by atoms with Crippen LogP contribution in [0.4, 0.5) is 11.4 Å². The van der Waals surface area contributed by atoms with E-state index in [1.165, 1.54) is 24.0 Å². The van der Waals surface area contributed by atoms with Gasteiger partial charge in [-0.15, -0.1) is 0 Å². The van der Waals surface area contributed by atoms with Gasteiger partial charge in [-0.3, -0.25) is 19.3 Å². The van der Waals surface area contributed by atoms with Gasteiger partial charge in [0.2, 0.25) is 17.7 Å². The average Bonchev–Trinajstić information content (AvgIpc) is 2.73. The van der Waals surface area contributed by atoms with Crippen LogP contribution < -0.4 is 25.4 Å². The highest BCUT2D eigenvalue weighted by molar-refractivity contribution is 6.07. The lowest BCUT2D eigenvalue weighted by Gasteiger charge is -2.39. The molecule has 0 aromatic heterocycles. The quantitative estimate of drug-likeness (QED) is 0.759. The molecule has 30 heavy (non-hydrogen) atoms. The normalized spacial score (nSPS) is 14.4. The van der Waals surface area contributed by atoms with E-state index in [9.17, 15) is 14.4 Å². The zero-order valence-electron chi connectivity index (χ0n) is 17.2. The number of hydrogen-bond acceptors (Lipinski definition) is 5. The number of fused-ring (bicyclic) bond motifs is 1. The van der Waals surface area contributed by atoms with Crippen LogP contribution in [0.5, 0.6) is 11.5 Å². The van der Waals surface area contributed by atoms with Gasteiger partial charge in [0.15, 0.2) is 11.5 Å². The van der Waals surface area contributed by atoms with Gasteiger partial charge in [0.1, 0.15) is 18.8 Å². The summed E-state index contributed by atoms with van der Waals surface area (Å²) in [6, 6.07) is 11.4. The molecule has 0 radical (unpaired) electrons. The molecular formula is C22H25N3O5. The maximum Gasteiger partial charge on any atom is 0.250 e. The van der Waals surface area contributed by atoms with Crippen LogP contribution in [0.2, 0.25) is 0 Å². The molecular weight excluding hydrogens is 386 g/mol. The molecule has 1 aliphatic heterocycles. The van der Waals surface area contributed by atoms with Crippen molar-refractivity contribution in [2.24, 2.45) is 5.73 Å². The smallest absolute Gasteiger partial charge is 0.250 e. The van der Waals surface area contributed by atoms with Crippen LogP contribution in [-0.4, -0.2) is 36.5 Å². The number of carbonyl (C=O) groups is 3. The van der Waals surface area contributed by atoms with E-state index in [1.54, 1.807) is 37.3 Å². The fourth-order valence-electron chi connectivity index (χ4n) is 3.40. The monoisotopic (exact) mass is 411 g/mol. The fourth-order valence-corrected chi connectivity index (χ4v) is 3.40. The first-order valence-corrected chi connectivity index (χ1v) is 9.68. The van der Waals surface area contributed by atoms with Crippen molar-refractivity contribution in [2.45, 2.75) is 32.7 Å². The Kier molecular flexibility index (Phi) is 5.96. The molecule has 0 aliphatic carbocycles. The SMILES string of the molecule is CC[C@](C)(C(=O)Nc1ccc2c(c1)OCCO2)N(C(C)=O)c1ccc(C(N)=O)cc1. The fraction of sp³-hybridized carbons (Fsp3) is 0.318. The Morgan fingerprint density at radius 1 is 1.07 bits per heavy atom. The number of amides is 3. The zero-order valence-corrected chi connectivity index (χ0v) is 17.2. The van der Waals surface area contributed by atoms with Gasteiger partial charge in [-0.1, -0.05) is 6.92 Å². The summed E-state index contributed by atoms with van der Waals surface area (Å²) >= 11 is 0. The standard InChI is InChI=1S/C22H25N3O5/c1-4-22(3,25(14(2)26)17-8-5-15(6-9-17)20(23)27)21(28)24-16-7-10-18-19(13-16)30-12-11-29-18/h5-10,13H,4,11-12H2,1-3H3,(H2,23,27)(H,24,28)/t22-/m1/s1. The van der Waals surface area contributed by atoms with Crippen molar-refractivity contribution in [3.05, 3.63) is 48.0 Å². The van der Waals surface area contributed by atoms with Gasteiger partial charge in [0, 0.05) is 29.9 Å². The summed E-state index contributed by atoms with van der Waals surface area (Å²) in [7, 11) is 0. The van der Waals surface area contributed by atoms with Crippen molar-refractivity contribution >= 4 is 29.1 Å². The molecule has 0 bridgehead atoms. The number of nitrogens with one attached hydrogen (secondary N) is 1. The number of rotatable bonds is 6. The van der Waals surface area contributed by atoms with Crippen LogP contribution in [-0.2, 0) is 9.59 Å². The molecule has 0 saturated heterocycles. The maximum absolute atomic E-state index is 13.3. The van der Waals surface area contributed by atoms with Crippen LogP contribution in [0, 0.1) is 0 Å². The van der Waals surface area contributed by atoms with Crippen LogP contribution in [0.3, 0.4) is 0 Å². The number of ether oxygens (including phenoxy) is 2. The Labute approximate surface area is 174 Å². The largest absolute Gasteiger partial charge is 0.486 e. The lowest BCUT2D eigenvalue weighted by Crippen LogP contribution is -2.56. The highest BCUT2D eigenvalue weighted by Crippen LogP contribution is 2.34. The summed E-state index contributed by atoms with van der Waals surface area (Å²) in [5, 5.41) is 2.88. The number of benzene rings is 2. The van der Waals surface area contributed by atoms with Gasteiger partial charge in [-0.25, -0.2) is 0 Å². The Hall–Kier alpha value is -3.55. The van der Waals surface area contributed by atoms with E-state index in [-0.39, 0.29) is 11.8 Å². The molecule has 0 spiro atoms. The van der Waals surface area contributed by atoms with E-state index in [0.717, 1.165) is 0 Å². The third-order valence-electron chi connectivity index (χ3n) is 5.20. The predicted molar refractivity (Wildman–Crippen MR) is 113 cm³/mol. The topological polar surface area (TPSA) is 111 Å². The summed E-state index contributed by atoms with van der Waals surface area (Å²) in [4.78, 5) is 38.6. The van der Waals surface area contributed by atoms with Crippen molar-refractivity contribution in [3.63, 3.8) is 0 Å². The lowest BCUT2D eigenvalue weighted by atomic mass is 9.93. The summed E-state index contributed by atoms with van der Waals surface area (Å²) < 4.78 is 11.1. The molecule has 8 heteroatoms. The molecule has 8 nitrogen and oxygen atoms in total. The van der Waals surface area contributed by atoms with Gasteiger partial charge in [-0.2, -0.15) is 0 Å². The highest BCUT2D eigenvalue weighted by atomic mass is 16.6. The maximum atomic E-state index is 13.3. The minimum Gasteiger partial charge on any atom is -0.486 e. The molecule has 158 valence electrons. The molecule has 3 rings (SSSR count). The summed E-state index contributed by atoms with van der Waals surface area (Å²) in [6.45, 7) is 5.85. The highest BCUT2D eigenvalue weighted by Gasteiger charge is 2.40. The van der Waals surface area contributed by atoms with Gasteiger partial charge < -0.3 is 20.5 Å². The number of hydrogen-bond donors (Lipinski definition) is 2. The van der Waals surface area contributed by atoms with Crippen molar-refractivity contribution in [1.82, 2.24) is 0 Å². The minimum absolute atomic E-state index is 0.302. The Bertz CT molecular complexity index is 973. The summed E-state index contributed by atoms with van der Waals surface area (Å²) in [5.74, 6) is -0.0370. The average molecular weight is 411 g/mol. The van der Waals surface area contributed by atoms with E-state index < -0.39 is 11.4 Å². The minimum atomic E-state index is -1.17. The van der Waals surface area contributed by atoms with E-state index in [2.05, 4.69) is 5.32 Å². The second-order valence-corrected chi connectivity index (χ2v) is 7.21. The first kappa shape index (κ1) is 21.2. The molecule has 1 heterocycles. The van der Waals surface area contributed by atoms with Crippen molar-refractivity contribution in [2.75, 3.05) is 23.4 Å². The molecule has 0 fully saturated rings. The van der Waals surface area contributed by atoms with E-state index >= 15 is 0 Å². The van der Waals surface area contributed by atoms with Crippen LogP contribution in [0.25, 0.3) is 0 Å². The van der Waals surface area contributed by atoms with E-state index in [1.807, 2.05) is 6.92 Å². The molecule has 0 saturated carbocycles. The van der Waals surface area contributed by atoms with Crippen LogP contribution in [0.1, 0.15) is 37.6 Å². The molecule has 2 aromatic carbocycles. The number of primary amides is 1. The molecule has 3 amide bonds. The number of anilines is 2. The number of carbonyl (C=O) groups excluding carboxylic acids is 3. The summed E-state index contributed by atoms with van der Waals surface area (Å²) in [5.41, 5.74) is 5.47. The third-order valence-corrected chi connectivity index (χ3v) is 5.20. The van der Waals surface area contributed by atoms with Gasteiger partial charge in [0.05, 0.1) is 0 Å². The molecule has 1 atom stereocenters. The van der Waals surface area contributed by atoms with Crippen LogP contribution >= 0.6 is 0 Å². The number of nitrogens with zero attached hydrogens (tertiary/aromatic N) is 1. The zero-order chi connectivity index (χ0) is 21.9. The van der Waals surface area contributed by atoms with Crippen molar-refractivity contribution in [1.29, 1.82) is 0 Å². The van der Waals surface area contributed by atoms with Gasteiger partial charge >= 0.3 is 0 Å². The van der Waals surface area contributed by atoms with Crippen molar-refractivity contribution in [3.8, 4) is 11.5 Å². The Morgan fingerprint density at radius 3 is 2.27 bits per heavy atom. The van der Waals surface area contributed by atoms with Crippen molar-refractivity contribution < 1.29 is 23.9 Å².